The minimum absolute atomic E-state index is 0.421. The Balaban J connectivity index is 2.36. The van der Waals surface area contributed by atoms with Gasteiger partial charge in [-0.05, 0) is 44.5 Å². The van der Waals surface area contributed by atoms with Gasteiger partial charge in [-0.15, -0.1) is 0 Å². The number of aryl methyl sites for hydroxylation is 1. The molecule has 0 aliphatic heterocycles. The molecule has 0 saturated carbocycles. The van der Waals surface area contributed by atoms with E-state index in [1.54, 1.807) is 0 Å². The van der Waals surface area contributed by atoms with Gasteiger partial charge in [-0.1, -0.05) is 0 Å². The van der Waals surface area contributed by atoms with Crippen LogP contribution in [0.4, 0.5) is 5.69 Å². The minimum Gasteiger partial charge on any atom is -0.383 e. The lowest BCUT2D eigenvalue weighted by Crippen LogP contribution is -2.09. The summed E-state index contributed by atoms with van der Waals surface area (Å²) in [5, 5.41) is 10.1. The van der Waals surface area contributed by atoms with E-state index in [0.717, 1.165) is 17.1 Å². The third-order valence-electron chi connectivity index (χ3n) is 2.22. The standard InChI is InChI=1S/C12H16N4/c1-8(2)15-11-5-9(3)4-10(6-11)12-13-7-14-16-12/h4-8,15H,1-3H3,(H,13,14,16). The molecule has 0 aliphatic carbocycles. The third kappa shape index (κ3) is 2.39. The Kier molecular flexibility index (Phi) is 2.90. The van der Waals surface area contributed by atoms with Gasteiger partial charge in [0.25, 0.3) is 0 Å². The Labute approximate surface area is 95.1 Å². The largest absolute Gasteiger partial charge is 0.383 e. The summed E-state index contributed by atoms with van der Waals surface area (Å²) < 4.78 is 0. The molecule has 0 bridgehead atoms. The van der Waals surface area contributed by atoms with Crippen LogP contribution in [0, 0.1) is 6.92 Å². The molecule has 1 aromatic heterocycles. The number of aromatic amines is 1. The van der Waals surface area contributed by atoms with Crippen LogP contribution >= 0.6 is 0 Å². The topological polar surface area (TPSA) is 53.6 Å². The molecule has 2 rings (SSSR count). The van der Waals surface area contributed by atoms with Crippen LogP contribution < -0.4 is 5.32 Å². The number of aromatic nitrogens is 3. The molecule has 0 saturated heterocycles. The quantitative estimate of drug-likeness (QED) is 0.829. The molecule has 4 heteroatoms. The number of rotatable bonds is 3. The summed E-state index contributed by atoms with van der Waals surface area (Å²) in [6.45, 7) is 6.32. The molecule has 1 heterocycles. The first-order chi connectivity index (χ1) is 7.65. The SMILES string of the molecule is Cc1cc(NC(C)C)cc(-c2ncn[nH]2)c1. The van der Waals surface area contributed by atoms with Crippen molar-refractivity contribution in [2.24, 2.45) is 0 Å². The van der Waals surface area contributed by atoms with Crippen molar-refractivity contribution in [2.45, 2.75) is 26.8 Å². The zero-order valence-corrected chi connectivity index (χ0v) is 9.78. The summed E-state index contributed by atoms with van der Waals surface area (Å²) in [6.07, 6.45) is 1.52. The van der Waals surface area contributed by atoms with Gasteiger partial charge in [0.15, 0.2) is 5.82 Å². The lowest BCUT2D eigenvalue weighted by molar-refractivity contribution is 0.899. The van der Waals surface area contributed by atoms with E-state index in [9.17, 15) is 0 Å². The van der Waals surface area contributed by atoms with Gasteiger partial charge in [0.1, 0.15) is 6.33 Å². The van der Waals surface area contributed by atoms with E-state index < -0.39 is 0 Å². The van der Waals surface area contributed by atoms with Crippen molar-refractivity contribution in [2.75, 3.05) is 5.32 Å². The van der Waals surface area contributed by atoms with Gasteiger partial charge in [-0.25, -0.2) is 4.98 Å². The molecule has 1 aromatic carbocycles. The Morgan fingerprint density at radius 2 is 2.06 bits per heavy atom. The molecule has 0 spiro atoms. The van der Waals surface area contributed by atoms with Gasteiger partial charge in [-0.2, -0.15) is 5.10 Å². The first-order valence-corrected chi connectivity index (χ1v) is 5.39. The number of benzene rings is 1. The smallest absolute Gasteiger partial charge is 0.155 e. The second-order valence-electron chi connectivity index (χ2n) is 4.22. The van der Waals surface area contributed by atoms with Crippen LogP contribution in [0.3, 0.4) is 0 Å². The number of anilines is 1. The second kappa shape index (κ2) is 4.35. The van der Waals surface area contributed by atoms with E-state index in [0.29, 0.717) is 6.04 Å². The zero-order chi connectivity index (χ0) is 11.5. The van der Waals surface area contributed by atoms with Gasteiger partial charge < -0.3 is 5.32 Å². The van der Waals surface area contributed by atoms with E-state index in [-0.39, 0.29) is 0 Å². The predicted molar refractivity (Wildman–Crippen MR) is 65.3 cm³/mol. The molecule has 0 unspecified atom stereocenters. The Morgan fingerprint density at radius 3 is 2.69 bits per heavy atom. The molecule has 84 valence electrons. The van der Waals surface area contributed by atoms with Crippen molar-refractivity contribution in [1.82, 2.24) is 15.2 Å². The molecular formula is C12H16N4. The Morgan fingerprint density at radius 1 is 1.25 bits per heavy atom. The van der Waals surface area contributed by atoms with Gasteiger partial charge in [-0.3, -0.25) is 5.10 Å². The number of nitrogens with one attached hydrogen (secondary N) is 2. The molecule has 0 fully saturated rings. The molecule has 0 radical (unpaired) electrons. The maximum absolute atomic E-state index is 4.15. The van der Waals surface area contributed by atoms with Crippen LogP contribution in [-0.2, 0) is 0 Å². The lowest BCUT2D eigenvalue weighted by Gasteiger charge is -2.11. The van der Waals surface area contributed by atoms with Crippen LogP contribution in [0.25, 0.3) is 11.4 Å². The molecule has 2 N–H and O–H groups in total. The van der Waals surface area contributed by atoms with E-state index in [1.807, 2.05) is 0 Å². The molecule has 2 aromatic rings. The number of nitrogens with zero attached hydrogens (tertiary/aromatic N) is 2. The molecule has 0 atom stereocenters. The first kappa shape index (κ1) is 10.7. The first-order valence-electron chi connectivity index (χ1n) is 5.39. The summed E-state index contributed by atoms with van der Waals surface area (Å²) >= 11 is 0. The third-order valence-corrected chi connectivity index (χ3v) is 2.22. The van der Waals surface area contributed by atoms with Gasteiger partial charge >= 0.3 is 0 Å². The normalized spacial score (nSPS) is 10.8. The minimum atomic E-state index is 0.421. The monoisotopic (exact) mass is 216 g/mol. The van der Waals surface area contributed by atoms with E-state index in [1.165, 1.54) is 11.9 Å². The van der Waals surface area contributed by atoms with Crippen LogP contribution in [0.2, 0.25) is 0 Å². The average Bonchev–Trinajstić information content (AvgIpc) is 2.67. The average molecular weight is 216 g/mol. The predicted octanol–water partition coefficient (Wildman–Crippen LogP) is 2.60. The fourth-order valence-corrected chi connectivity index (χ4v) is 1.68. The van der Waals surface area contributed by atoms with Crippen molar-refractivity contribution < 1.29 is 0 Å². The van der Waals surface area contributed by atoms with Gasteiger partial charge in [0, 0.05) is 17.3 Å². The highest BCUT2D eigenvalue weighted by atomic mass is 15.2. The summed E-state index contributed by atoms with van der Waals surface area (Å²) in [7, 11) is 0. The van der Waals surface area contributed by atoms with Crippen LogP contribution in [-0.4, -0.2) is 21.2 Å². The maximum Gasteiger partial charge on any atom is 0.155 e. The van der Waals surface area contributed by atoms with Crippen molar-refractivity contribution in [3.8, 4) is 11.4 Å². The van der Waals surface area contributed by atoms with Crippen LogP contribution in [0.1, 0.15) is 19.4 Å². The summed E-state index contributed by atoms with van der Waals surface area (Å²) in [5.74, 6) is 0.801. The van der Waals surface area contributed by atoms with Crippen molar-refractivity contribution >= 4 is 5.69 Å². The molecule has 16 heavy (non-hydrogen) atoms. The fraction of sp³-hybridized carbons (Fsp3) is 0.333. The number of H-pyrrole nitrogens is 1. The van der Waals surface area contributed by atoms with Crippen LogP contribution in [0.5, 0.6) is 0 Å². The zero-order valence-electron chi connectivity index (χ0n) is 9.78. The maximum atomic E-state index is 4.15. The van der Waals surface area contributed by atoms with Crippen molar-refractivity contribution in [3.63, 3.8) is 0 Å². The Hall–Kier alpha value is -1.84. The van der Waals surface area contributed by atoms with Crippen molar-refractivity contribution in [3.05, 3.63) is 30.1 Å². The van der Waals surface area contributed by atoms with Gasteiger partial charge in [0.05, 0.1) is 0 Å². The highest BCUT2D eigenvalue weighted by Gasteiger charge is 2.04. The highest BCUT2D eigenvalue weighted by Crippen LogP contribution is 2.21. The second-order valence-corrected chi connectivity index (χ2v) is 4.22. The number of hydrogen-bond donors (Lipinski definition) is 2. The van der Waals surface area contributed by atoms with E-state index in [4.69, 9.17) is 0 Å². The summed E-state index contributed by atoms with van der Waals surface area (Å²) in [4.78, 5) is 4.15. The van der Waals surface area contributed by atoms with Crippen LogP contribution in [0.15, 0.2) is 24.5 Å². The van der Waals surface area contributed by atoms with E-state index >= 15 is 0 Å². The Bertz CT molecular complexity index is 460. The molecule has 0 amide bonds. The van der Waals surface area contributed by atoms with Crippen molar-refractivity contribution in [1.29, 1.82) is 0 Å². The fourth-order valence-electron chi connectivity index (χ4n) is 1.68. The summed E-state index contributed by atoms with van der Waals surface area (Å²) in [6, 6.07) is 6.71. The molecule has 4 nitrogen and oxygen atoms in total. The molecule has 0 aliphatic rings. The molecular weight excluding hydrogens is 200 g/mol. The summed E-state index contributed by atoms with van der Waals surface area (Å²) in [5.41, 5.74) is 3.37. The lowest BCUT2D eigenvalue weighted by atomic mass is 10.1. The highest BCUT2D eigenvalue weighted by molar-refractivity contribution is 5.63. The van der Waals surface area contributed by atoms with Gasteiger partial charge in [0.2, 0.25) is 0 Å². The van der Waals surface area contributed by atoms with E-state index in [2.05, 4.69) is 59.5 Å². The number of hydrogen-bond acceptors (Lipinski definition) is 3.